The van der Waals surface area contributed by atoms with Crippen molar-refractivity contribution in [1.29, 1.82) is 0 Å². The predicted molar refractivity (Wildman–Crippen MR) is 107 cm³/mol. The maximum atomic E-state index is 12.5. The first-order valence-corrected chi connectivity index (χ1v) is 9.07. The number of carbonyl (C=O) groups excluding carboxylic acids is 1. The van der Waals surface area contributed by atoms with Crippen molar-refractivity contribution in [2.24, 2.45) is 0 Å². The van der Waals surface area contributed by atoms with E-state index in [2.05, 4.69) is 46.2 Å². The Morgan fingerprint density at radius 1 is 1.07 bits per heavy atom. The van der Waals surface area contributed by atoms with Gasteiger partial charge >= 0.3 is 0 Å². The van der Waals surface area contributed by atoms with Crippen molar-refractivity contribution < 1.29 is 4.79 Å². The molecule has 0 aliphatic rings. The van der Waals surface area contributed by atoms with E-state index in [0.29, 0.717) is 12.1 Å². The highest BCUT2D eigenvalue weighted by molar-refractivity contribution is 5.94. The smallest absolute Gasteiger partial charge is 0.253 e. The first-order chi connectivity index (χ1) is 13.1. The number of nitrogens with zero attached hydrogens (tertiary/aromatic N) is 3. The summed E-state index contributed by atoms with van der Waals surface area (Å²) in [6, 6.07) is 18.1. The lowest BCUT2D eigenvalue weighted by molar-refractivity contribution is 0.0950. The van der Waals surface area contributed by atoms with Gasteiger partial charge in [0.05, 0.1) is 29.7 Å². The van der Waals surface area contributed by atoms with Crippen molar-refractivity contribution in [3.8, 4) is 0 Å². The number of anilines is 1. The first kappa shape index (κ1) is 18.6. The van der Waals surface area contributed by atoms with Crippen LogP contribution in [0.25, 0.3) is 0 Å². The van der Waals surface area contributed by atoms with Crippen LogP contribution in [0.5, 0.6) is 0 Å². The molecule has 5 heteroatoms. The van der Waals surface area contributed by atoms with E-state index in [1.54, 1.807) is 18.6 Å². The van der Waals surface area contributed by atoms with E-state index in [-0.39, 0.29) is 11.9 Å². The summed E-state index contributed by atoms with van der Waals surface area (Å²) in [5.41, 5.74) is 3.51. The number of hydrogen-bond donors (Lipinski definition) is 1. The quantitative estimate of drug-likeness (QED) is 0.696. The van der Waals surface area contributed by atoms with Crippen molar-refractivity contribution >= 4 is 11.6 Å². The van der Waals surface area contributed by atoms with Crippen LogP contribution >= 0.6 is 0 Å². The van der Waals surface area contributed by atoms with Gasteiger partial charge in [0.2, 0.25) is 0 Å². The van der Waals surface area contributed by atoms with Crippen molar-refractivity contribution in [3.05, 3.63) is 90.0 Å². The fraction of sp³-hybridized carbons (Fsp3) is 0.227. The number of benzene rings is 1. The zero-order valence-electron chi connectivity index (χ0n) is 15.7. The molecule has 27 heavy (non-hydrogen) atoms. The zero-order valence-corrected chi connectivity index (χ0v) is 15.7. The lowest BCUT2D eigenvalue weighted by Crippen LogP contribution is -2.31. The SMILES string of the molecule is CC(C)N(Cc1ccccc1)c1cncc(C(=O)NCc2ccccn2)c1. The van der Waals surface area contributed by atoms with Gasteiger partial charge in [0.25, 0.3) is 5.91 Å². The molecule has 0 radical (unpaired) electrons. The maximum absolute atomic E-state index is 12.5. The molecule has 3 aromatic rings. The van der Waals surface area contributed by atoms with E-state index >= 15 is 0 Å². The summed E-state index contributed by atoms with van der Waals surface area (Å²) in [6.07, 6.45) is 5.12. The van der Waals surface area contributed by atoms with E-state index in [1.165, 1.54) is 5.56 Å². The summed E-state index contributed by atoms with van der Waals surface area (Å²) in [7, 11) is 0. The lowest BCUT2D eigenvalue weighted by atomic mass is 10.1. The van der Waals surface area contributed by atoms with E-state index in [0.717, 1.165) is 17.9 Å². The molecule has 1 aromatic carbocycles. The Morgan fingerprint density at radius 2 is 1.85 bits per heavy atom. The topological polar surface area (TPSA) is 58.1 Å². The molecule has 138 valence electrons. The third kappa shape index (κ3) is 5.14. The zero-order chi connectivity index (χ0) is 19.1. The summed E-state index contributed by atoms with van der Waals surface area (Å²) < 4.78 is 0. The molecule has 0 spiro atoms. The first-order valence-electron chi connectivity index (χ1n) is 9.07. The monoisotopic (exact) mass is 360 g/mol. The van der Waals surface area contributed by atoms with E-state index in [1.807, 2.05) is 42.5 Å². The van der Waals surface area contributed by atoms with Crippen molar-refractivity contribution in [2.45, 2.75) is 33.0 Å². The van der Waals surface area contributed by atoms with Crippen molar-refractivity contribution in [3.63, 3.8) is 0 Å². The highest BCUT2D eigenvalue weighted by Crippen LogP contribution is 2.20. The number of aromatic nitrogens is 2. The third-order valence-electron chi connectivity index (χ3n) is 4.29. The second-order valence-corrected chi connectivity index (χ2v) is 6.64. The highest BCUT2D eigenvalue weighted by Gasteiger charge is 2.14. The molecule has 0 saturated carbocycles. The fourth-order valence-corrected chi connectivity index (χ4v) is 2.84. The normalized spacial score (nSPS) is 10.6. The number of rotatable bonds is 7. The van der Waals surface area contributed by atoms with Gasteiger partial charge in [0.15, 0.2) is 0 Å². The Bertz CT molecular complexity index is 866. The predicted octanol–water partition coefficient (Wildman–Crippen LogP) is 3.82. The van der Waals surface area contributed by atoms with Gasteiger partial charge in [-0.1, -0.05) is 36.4 Å². The minimum absolute atomic E-state index is 0.154. The molecular weight excluding hydrogens is 336 g/mol. The summed E-state index contributed by atoms with van der Waals surface area (Å²) in [6.45, 7) is 5.43. The maximum Gasteiger partial charge on any atom is 0.253 e. The molecule has 0 atom stereocenters. The molecular formula is C22H24N4O. The second kappa shape index (κ2) is 8.94. The van der Waals surface area contributed by atoms with Gasteiger partial charge < -0.3 is 10.2 Å². The molecule has 1 amide bonds. The minimum Gasteiger partial charge on any atom is -0.364 e. The average Bonchev–Trinajstić information content (AvgIpc) is 2.71. The van der Waals surface area contributed by atoms with Gasteiger partial charge in [-0.2, -0.15) is 0 Å². The largest absolute Gasteiger partial charge is 0.364 e. The van der Waals surface area contributed by atoms with Crippen LogP contribution in [0.3, 0.4) is 0 Å². The minimum atomic E-state index is -0.154. The lowest BCUT2D eigenvalue weighted by Gasteiger charge is -2.29. The summed E-state index contributed by atoms with van der Waals surface area (Å²) in [4.78, 5) is 23.3. The molecule has 3 rings (SSSR count). The highest BCUT2D eigenvalue weighted by atomic mass is 16.1. The Kier molecular flexibility index (Phi) is 6.15. The molecule has 0 bridgehead atoms. The second-order valence-electron chi connectivity index (χ2n) is 6.64. The molecule has 0 unspecified atom stereocenters. The molecule has 5 nitrogen and oxygen atoms in total. The van der Waals surface area contributed by atoms with Gasteiger partial charge in [0.1, 0.15) is 0 Å². The van der Waals surface area contributed by atoms with Crippen molar-refractivity contribution in [1.82, 2.24) is 15.3 Å². The number of carbonyl (C=O) groups is 1. The molecule has 2 heterocycles. The Balaban J connectivity index is 1.73. The van der Waals surface area contributed by atoms with E-state index in [9.17, 15) is 4.79 Å². The van der Waals surface area contributed by atoms with Gasteiger partial charge in [-0.15, -0.1) is 0 Å². The Hall–Kier alpha value is -3.21. The van der Waals surface area contributed by atoms with E-state index < -0.39 is 0 Å². The van der Waals surface area contributed by atoms with Gasteiger partial charge in [-0.3, -0.25) is 14.8 Å². The molecule has 2 aromatic heterocycles. The summed E-state index contributed by atoms with van der Waals surface area (Å²) in [5, 5.41) is 2.90. The number of pyridine rings is 2. The van der Waals surface area contributed by atoms with Crippen LogP contribution in [-0.2, 0) is 13.1 Å². The fourth-order valence-electron chi connectivity index (χ4n) is 2.84. The average molecular weight is 360 g/mol. The molecule has 1 N–H and O–H groups in total. The van der Waals surface area contributed by atoms with Gasteiger partial charge in [0, 0.05) is 25.0 Å². The standard InChI is InChI=1S/C22H24N4O/c1-17(2)26(16-18-8-4-3-5-9-18)21-12-19(13-23-15-21)22(27)25-14-20-10-6-7-11-24-20/h3-13,15,17H,14,16H2,1-2H3,(H,25,27). The Labute approximate surface area is 160 Å². The van der Waals surface area contributed by atoms with Crippen LogP contribution < -0.4 is 10.2 Å². The van der Waals surface area contributed by atoms with Crippen LogP contribution in [0.4, 0.5) is 5.69 Å². The molecule has 0 fully saturated rings. The van der Waals surface area contributed by atoms with Crippen LogP contribution in [0.15, 0.2) is 73.2 Å². The van der Waals surface area contributed by atoms with Crippen LogP contribution in [0.1, 0.15) is 35.5 Å². The van der Waals surface area contributed by atoms with Crippen molar-refractivity contribution in [2.75, 3.05) is 4.90 Å². The summed E-state index contributed by atoms with van der Waals surface area (Å²) in [5.74, 6) is -0.154. The number of nitrogens with one attached hydrogen (secondary N) is 1. The van der Waals surface area contributed by atoms with E-state index in [4.69, 9.17) is 0 Å². The molecule has 0 aliphatic carbocycles. The number of amides is 1. The van der Waals surface area contributed by atoms with Crippen LogP contribution in [0, 0.1) is 0 Å². The van der Waals surface area contributed by atoms with Gasteiger partial charge in [-0.05, 0) is 37.6 Å². The molecule has 0 saturated heterocycles. The van der Waals surface area contributed by atoms with Gasteiger partial charge in [-0.25, -0.2) is 0 Å². The van der Waals surface area contributed by atoms with Crippen LogP contribution in [-0.4, -0.2) is 21.9 Å². The number of hydrogen-bond acceptors (Lipinski definition) is 4. The molecule has 0 aliphatic heterocycles. The van der Waals surface area contributed by atoms with Crippen LogP contribution in [0.2, 0.25) is 0 Å². The third-order valence-corrected chi connectivity index (χ3v) is 4.29. The Morgan fingerprint density at radius 3 is 2.56 bits per heavy atom. The summed E-state index contributed by atoms with van der Waals surface area (Å²) >= 11 is 0.